The summed E-state index contributed by atoms with van der Waals surface area (Å²) >= 11 is 0. The second kappa shape index (κ2) is 9.32. The van der Waals surface area contributed by atoms with E-state index in [0.717, 1.165) is 32.5 Å². The Hall–Kier alpha value is -0.650. The zero-order valence-corrected chi connectivity index (χ0v) is 14.1. The Bertz CT molecular complexity index is 280. The monoisotopic (exact) mass is 287 g/mol. The molecule has 0 aromatic heterocycles. The molecule has 0 aliphatic carbocycles. The highest BCUT2D eigenvalue weighted by Crippen LogP contribution is 2.13. The second-order valence-electron chi connectivity index (χ2n) is 6.11. The molecule has 0 saturated carbocycles. The lowest BCUT2D eigenvalue weighted by molar-refractivity contribution is -0.146. The van der Waals surface area contributed by atoms with Crippen molar-refractivity contribution in [2.45, 2.75) is 51.6 Å². The molecule has 2 N–H and O–H groups in total. The highest BCUT2D eigenvalue weighted by atomic mass is 16.5. The highest BCUT2D eigenvalue weighted by molar-refractivity contribution is 5.79. The van der Waals surface area contributed by atoms with Crippen LogP contribution in [0.5, 0.6) is 0 Å². The molecule has 120 valence electrons. The van der Waals surface area contributed by atoms with E-state index in [0.29, 0.717) is 12.5 Å². The van der Waals surface area contributed by atoms with Gasteiger partial charge >= 0.3 is 5.97 Å². The van der Waals surface area contributed by atoms with Gasteiger partial charge in [0.2, 0.25) is 0 Å². The van der Waals surface area contributed by atoms with Crippen molar-refractivity contribution in [3.8, 4) is 0 Å². The van der Waals surface area contributed by atoms with Crippen LogP contribution in [0.25, 0.3) is 0 Å². The van der Waals surface area contributed by atoms with Gasteiger partial charge in [0.25, 0.3) is 0 Å². The first-order chi connectivity index (χ1) is 9.24. The number of hydrogen-bond acceptors (Lipinski definition) is 5. The van der Waals surface area contributed by atoms with Crippen LogP contribution >= 0.6 is 0 Å². The van der Waals surface area contributed by atoms with E-state index in [2.05, 4.69) is 37.7 Å². The summed E-state index contributed by atoms with van der Waals surface area (Å²) < 4.78 is 4.72. The summed E-state index contributed by atoms with van der Waals surface area (Å²) in [5, 5.41) is 0. The first kappa shape index (κ1) is 19.4. The number of ether oxygens (including phenoxy) is 1. The minimum atomic E-state index is -0.860. The Morgan fingerprint density at radius 1 is 1.35 bits per heavy atom. The maximum atomic E-state index is 11.5. The summed E-state index contributed by atoms with van der Waals surface area (Å²) in [4.78, 5) is 16.2. The standard InChI is InChI=1S/C15H33N3O2/c1-7-18(13(2)12-17(4)5)11-9-8-10-15(3,16)14(19)20-6/h13H,7-12,16H2,1-6H3. The van der Waals surface area contributed by atoms with Crippen molar-refractivity contribution in [3.05, 3.63) is 0 Å². The van der Waals surface area contributed by atoms with Crippen molar-refractivity contribution >= 4 is 5.97 Å². The van der Waals surface area contributed by atoms with Crippen LogP contribution in [0.1, 0.15) is 40.0 Å². The van der Waals surface area contributed by atoms with E-state index in [1.165, 1.54) is 7.11 Å². The van der Waals surface area contributed by atoms with Crippen molar-refractivity contribution in [2.24, 2.45) is 5.73 Å². The molecule has 0 aliphatic rings. The summed E-state index contributed by atoms with van der Waals surface area (Å²) in [5.41, 5.74) is 5.09. The van der Waals surface area contributed by atoms with Gasteiger partial charge in [0.15, 0.2) is 0 Å². The fourth-order valence-electron chi connectivity index (χ4n) is 2.48. The first-order valence-corrected chi connectivity index (χ1v) is 7.50. The van der Waals surface area contributed by atoms with Crippen LogP contribution in [0.3, 0.4) is 0 Å². The van der Waals surface area contributed by atoms with Crippen molar-refractivity contribution in [3.63, 3.8) is 0 Å². The van der Waals surface area contributed by atoms with E-state index in [9.17, 15) is 4.79 Å². The number of likely N-dealkylation sites (N-methyl/N-ethyl adjacent to an activating group) is 2. The lowest BCUT2D eigenvalue weighted by Gasteiger charge is -2.30. The molecule has 0 rings (SSSR count). The molecule has 0 radical (unpaired) electrons. The highest BCUT2D eigenvalue weighted by Gasteiger charge is 2.28. The second-order valence-corrected chi connectivity index (χ2v) is 6.11. The van der Waals surface area contributed by atoms with Gasteiger partial charge in [-0.3, -0.25) is 9.69 Å². The van der Waals surface area contributed by atoms with Crippen LogP contribution in [0.4, 0.5) is 0 Å². The molecule has 5 nitrogen and oxygen atoms in total. The first-order valence-electron chi connectivity index (χ1n) is 7.50. The van der Waals surface area contributed by atoms with Gasteiger partial charge in [0, 0.05) is 12.6 Å². The zero-order valence-electron chi connectivity index (χ0n) is 14.1. The number of rotatable bonds is 10. The molecule has 0 saturated heterocycles. The number of unbranched alkanes of at least 4 members (excludes halogenated alkanes) is 1. The largest absolute Gasteiger partial charge is 0.468 e. The van der Waals surface area contributed by atoms with E-state index < -0.39 is 5.54 Å². The molecule has 0 bridgehead atoms. The van der Waals surface area contributed by atoms with Crippen LogP contribution in [0.15, 0.2) is 0 Å². The van der Waals surface area contributed by atoms with Crippen LogP contribution in [-0.2, 0) is 9.53 Å². The maximum absolute atomic E-state index is 11.5. The van der Waals surface area contributed by atoms with Gasteiger partial charge in [-0.15, -0.1) is 0 Å². The van der Waals surface area contributed by atoms with Crippen LogP contribution in [-0.4, -0.2) is 68.2 Å². The summed E-state index contributed by atoms with van der Waals surface area (Å²) in [5.74, 6) is -0.328. The minimum absolute atomic E-state index is 0.328. The fourth-order valence-corrected chi connectivity index (χ4v) is 2.48. The molecule has 0 spiro atoms. The topological polar surface area (TPSA) is 58.8 Å². The van der Waals surface area contributed by atoms with Crippen LogP contribution in [0, 0.1) is 0 Å². The number of esters is 1. The molecule has 0 aliphatic heterocycles. The number of nitrogens with two attached hydrogens (primary N) is 1. The number of methoxy groups -OCH3 is 1. The number of carbonyl (C=O) groups excluding carboxylic acids is 1. The van der Waals surface area contributed by atoms with Gasteiger partial charge in [-0.25, -0.2) is 0 Å². The molecular weight excluding hydrogens is 254 g/mol. The van der Waals surface area contributed by atoms with Crippen molar-refractivity contribution in [1.29, 1.82) is 0 Å². The van der Waals surface area contributed by atoms with Crippen LogP contribution < -0.4 is 5.73 Å². The molecule has 0 amide bonds. The van der Waals surface area contributed by atoms with Crippen molar-refractivity contribution in [1.82, 2.24) is 9.80 Å². The lowest BCUT2D eigenvalue weighted by Crippen LogP contribution is -2.45. The van der Waals surface area contributed by atoms with Crippen LogP contribution in [0.2, 0.25) is 0 Å². The Balaban J connectivity index is 4.05. The Labute approximate surface area is 124 Å². The smallest absolute Gasteiger partial charge is 0.325 e. The maximum Gasteiger partial charge on any atom is 0.325 e. The summed E-state index contributed by atoms with van der Waals surface area (Å²) in [6, 6.07) is 0.542. The van der Waals surface area contributed by atoms with E-state index in [4.69, 9.17) is 10.5 Å². The van der Waals surface area contributed by atoms with E-state index in [1.807, 2.05) is 0 Å². The molecule has 2 atom stereocenters. The van der Waals surface area contributed by atoms with Gasteiger partial charge in [-0.1, -0.05) is 6.92 Å². The van der Waals surface area contributed by atoms with Gasteiger partial charge < -0.3 is 15.4 Å². The molecular formula is C15H33N3O2. The third-order valence-electron chi connectivity index (χ3n) is 3.70. The Morgan fingerprint density at radius 3 is 2.40 bits per heavy atom. The minimum Gasteiger partial charge on any atom is -0.468 e. The molecule has 2 unspecified atom stereocenters. The molecule has 0 fully saturated rings. The fraction of sp³-hybridized carbons (Fsp3) is 0.933. The average Bonchev–Trinajstić information content (AvgIpc) is 2.36. The van der Waals surface area contributed by atoms with E-state index in [1.54, 1.807) is 6.92 Å². The quantitative estimate of drug-likeness (QED) is 0.485. The summed E-state index contributed by atoms with van der Waals surface area (Å²) in [7, 11) is 5.58. The van der Waals surface area contributed by atoms with Gasteiger partial charge in [-0.2, -0.15) is 0 Å². The average molecular weight is 287 g/mol. The number of nitrogens with zero attached hydrogens (tertiary/aromatic N) is 2. The lowest BCUT2D eigenvalue weighted by atomic mass is 9.96. The summed E-state index contributed by atoms with van der Waals surface area (Å²) in [6.45, 7) is 9.34. The van der Waals surface area contributed by atoms with Gasteiger partial charge in [0.05, 0.1) is 7.11 Å². The number of hydrogen-bond donors (Lipinski definition) is 1. The SMILES string of the molecule is CCN(CCCCC(C)(N)C(=O)OC)C(C)CN(C)C. The molecule has 20 heavy (non-hydrogen) atoms. The Kier molecular flexibility index (Phi) is 9.01. The molecule has 0 aromatic rings. The third kappa shape index (κ3) is 7.22. The summed E-state index contributed by atoms with van der Waals surface area (Å²) in [6.07, 6.45) is 2.65. The van der Waals surface area contributed by atoms with Crippen molar-refractivity contribution in [2.75, 3.05) is 40.8 Å². The number of carbonyl (C=O) groups is 1. The normalized spacial score (nSPS) is 16.2. The van der Waals surface area contributed by atoms with Gasteiger partial charge in [-0.05, 0) is 60.3 Å². The Morgan fingerprint density at radius 2 is 1.95 bits per heavy atom. The van der Waals surface area contributed by atoms with E-state index >= 15 is 0 Å². The van der Waals surface area contributed by atoms with Gasteiger partial charge in [0.1, 0.15) is 5.54 Å². The predicted molar refractivity (Wildman–Crippen MR) is 83.7 cm³/mol. The zero-order chi connectivity index (χ0) is 15.8. The third-order valence-corrected chi connectivity index (χ3v) is 3.70. The molecule has 0 heterocycles. The van der Waals surface area contributed by atoms with Crippen molar-refractivity contribution < 1.29 is 9.53 Å². The molecule has 0 aromatic carbocycles. The van der Waals surface area contributed by atoms with E-state index in [-0.39, 0.29) is 5.97 Å². The predicted octanol–water partition coefficient (Wildman–Crippen LogP) is 1.32. The molecule has 5 heteroatoms.